The van der Waals surface area contributed by atoms with Crippen molar-refractivity contribution in [2.45, 2.75) is 50.6 Å². The molecule has 1 aliphatic heterocycles. The first-order chi connectivity index (χ1) is 14.1. The van der Waals surface area contributed by atoms with Crippen LogP contribution >= 0.6 is 11.6 Å². The molecule has 3 N–H and O–H groups in total. The molecule has 1 saturated carbocycles. The van der Waals surface area contributed by atoms with E-state index in [1.165, 1.54) is 50.6 Å². The second kappa shape index (κ2) is 7.47. The van der Waals surface area contributed by atoms with Crippen LogP contribution in [-0.4, -0.2) is 33.4 Å². The number of hydrogen-bond acceptors (Lipinski definition) is 3. The molecule has 6 heteroatoms. The molecule has 1 aromatic heterocycles. The van der Waals surface area contributed by atoms with Gasteiger partial charge in [0.2, 0.25) is 0 Å². The largest absolute Gasteiger partial charge is 0.366 e. The van der Waals surface area contributed by atoms with E-state index in [-0.39, 0.29) is 0 Å². The molecule has 1 amide bonds. The number of aromatic nitrogens is 2. The maximum atomic E-state index is 11.7. The Morgan fingerprint density at radius 1 is 1.10 bits per heavy atom. The van der Waals surface area contributed by atoms with Crippen molar-refractivity contribution in [2.24, 2.45) is 5.73 Å². The highest BCUT2D eigenvalue weighted by molar-refractivity contribution is 6.32. The summed E-state index contributed by atoms with van der Waals surface area (Å²) < 4.78 is 0. The lowest BCUT2D eigenvalue weighted by atomic mass is 10.0. The summed E-state index contributed by atoms with van der Waals surface area (Å²) in [7, 11) is 0. The smallest absolute Gasteiger partial charge is 0.251 e. The summed E-state index contributed by atoms with van der Waals surface area (Å²) in [6.45, 7) is 1.22. The van der Waals surface area contributed by atoms with Crippen LogP contribution in [0.25, 0.3) is 22.4 Å². The molecule has 150 valence electrons. The normalized spacial score (nSPS) is 20.7. The fourth-order valence-corrected chi connectivity index (χ4v) is 5.31. The number of aromatic amines is 1. The van der Waals surface area contributed by atoms with E-state index in [2.05, 4.69) is 39.1 Å². The van der Waals surface area contributed by atoms with Crippen LogP contribution in [-0.2, 0) is 0 Å². The number of nitrogens with one attached hydrogen (secondary N) is 1. The van der Waals surface area contributed by atoms with Crippen molar-refractivity contribution < 1.29 is 4.79 Å². The van der Waals surface area contributed by atoms with Crippen molar-refractivity contribution in [1.29, 1.82) is 0 Å². The number of nitrogens with zero attached hydrogens (tertiary/aromatic N) is 2. The van der Waals surface area contributed by atoms with Gasteiger partial charge in [-0.2, -0.15) is 0 Å². The molecular weight excluding hydrogens is 384 g/mol. The number of carbonyl (C=O) groups is 1. The summed E-state index contributed by atoms with van der Waals surface area (Å²) in [5.74, 6) is 0.189. The van der Waals surface area contributed by atoms with E-state index in [9.17, 15) is 4.79 Å². The van der Waals surface area contributed by atoms with Gasteiger partial charge in [-0.25, -0.2) is 4.98 Å². The van der Waals surface area contributed by atoms with E-state index >= 15 is 0 Å². The van der Waals surface area contributed by atoms with Crippen molar-refractivity contribution in [3.63, 3.8) is 0 Å². The van der Waals surface area contributed by atoms with Gasteiger partial charge in [0.05, 0.1) is 11.1 Å². The molecule has 1 saturated heterocycles. The predicted octanol–water partition coefficient (Wildman–Crippen LogP) is 5.06. The Morgan fingerprint density at radius 3 is 2.59 bits per heavy atom. The summed E-state index contributed by atoms with van der Waals surface area (Å²) in [5.41, 5.74) is 9.48. The molecular formula is C23H25ClN4O. The Morgan fingerprint density at radius 2 is 1.86 bits per heavy atom. The number of H-pyrrole nitrogens is 1. The number of carbonyl (C=O) groups excluding carboxylic acids is 1. The summed E-state index contributed by atoms with van der Waals surface area (Å²) in [5, 5.41) is 0.463. The average molecular weight is 409 g/mol. The highest BCUT2D eigenvalue weighted by atomic mass is 35.5. The van der Waals surface area contributed by atoms with Crippen LogP contribution in [0.2, 0.25) is 5.02 Å². The highest BCUT2D eigenvalue weighted by Crippen LogP contribution is 2.38. The quantitative estimate of drug-likeness (QED) is 0.633. The van der Waals surface area contributed by atoms with Crippen molar-refractivity contribution in [3.8, 4) is 11.4 Å². The SMILES string of the molecule is NC(=O)c1cc(Cl)cc2[nH]c(-c3ccc(C4CCCN4C4CCCC4)cc3)nc12. The maximum absolute atomic E-state index is 11.7. The van der Waals surface area contributed by atoms with Gasteiger partial charge in [0.25, 0.3) is 5.91 Å². The van der Waals surface area contributed by atoms with Gasteiger partial charge in [0.1, 0.15) is 11.3 Å². The topological polar surface area (TPSA) is 75.0 Å². The number of nitrogens with two attached hydrogens (primary N) is 1. The molecule has 0 spiro atoms. The molecule has 0 bridgehead atoms. The van der Waals surface area contributed by atoms with E-state index in [4.69, 9.17) is 17.3 Å². The Kier molecular flexibility index (Phi) is 4.80. The first-order valence-corrected chi connectivity index (χ1v) is 10.8. The first kappa shape index (κ1) is 18.6. The maximum Gasteiger partial charge on any atom is 0.251 e. The Hall–Kier alpha value is -2.37. The van der Waals surface area contributed by atoms with Crippen molar-refractivity contribution in [3.05, 3.63) is 52.5 Å². The number of likely N-dealkylation sites (tertiary alicyclic amines) is 1. The van der Waals surface area contributed by atoms with Crippen LogP contribution < -0.4 is 5.73 Å². The molecule has 29 heavy (non-hydrogen) atoms. The number of benzene rings is 2. The van der Waals surface area contributed by atoms with Gasteiger partial charge in [0.15, 0.2) is 0 Å². The van der Waals surface area contributed by atoms with E-state index in [0.29, 0.717) is 27.7 Å². The van der Waals surface area contributed by atoms with Crippen LogP contribution in [0.1, 0.15) is 60.5 Å². The van der Waals surface area contributed by atoms with E-state index in [1.807, 2.05) is 0 Å². The van der Waals surface area contributed by atoms with Gasteiger partial charge in [-0.15, -0.1) is 0 Å². The number of fused-ring (bicyclic) bond motifs is 1. The predicted molar refractivity (Wildman–Crippen MR) is 116 cm³/mol. The monoisotopic (exact) mass is 408 g/mol. The fraction of sp³-hybridized carbons (Fsp3) is 0.391. The molecule has 2 heterocycles. The minimum atomic E-state index is -0.529. The van der Waals surface area contributed by atoms with Crippen LogP contribution in [0.4, 0.5) is 0 Å². The number of hydrogen-bond donors (Lipinski definition) is 2. The Balaban J connectivity index is 1.44. The number of primary amides is 1. The lowest BCUT2D eigenvalue weighted by Crippen LogP contribution is -2.32. The summed E-state index contributed by atoms with van der Waals surface area (Å²) in [6, 6.07) is 13.3. The van der Waals surface area contributed by atoms with Crippen molar-refractivity contribution in [2.75, 3.05) is 6.54 Å². The van der Waals surface area contributed by atoms with E-state index < -0.39 is 5.91 Å². The van der Waals surface area contributed by atoms with Crippen LogP contribution in [0, 0.1) is 0 Å². The van der Waals surface area contributed by atoms with Gasteiger partial charge < -0.3 is 10.7 Å². The molecule has 2 aliphatic rings. The minimum absolute atomic E-state index is 0.338. The third-order valence-electron chi connectivity index (χ3n) is 6.47. The zero-order chi connectivity index (χ0) is 20.0. The molecule has 2 aromatic carbocycles. The molecule has 1 aliphatic carbocycles. The second-order valence-electron chi connectivity index (χ2n) is 8.26. The first-order valence-electron chi connectivity index (χ1n) is 10.5. The highest BCUT2D eigenvalue weighted by Gasteiger charge is 2.33. The third-order valence-corrected chi connectivity index (χ3v) is 6.69. The van der Waals surface area contributed by atoms with Gasteiger partial charge in [-0.05, 0) is 49.9 Å². The minimum Gasteiger partial charge on any atom is -0.366 e. The number of amides is 1. The number of halogens is 1. The van der Waals surface area contributed by atoms with Gasteiger partial charge in [0, 0.05) is 22.7 Å². The van der Waals surface area contributed by atoms with Gasteiger partial charge in [-0.3, -0.25) is 9.69 Å². The van der Waals surface area contributed by atoms with Gasteiger partial charge in [-0.1, -0.05) is 48.7 Å². The zero-order valence-electron chi connectivity index (χ0n) is 16.3. The number of imidazole rings is 1. The zero-order valence-corrected chi connectivity index (χ0v) is 17.1. The Labute approximate surface area is 175 Å². The molecule has 1 atom stereocenters. The van der Waals surface area contributed by atoms with Crippen LogP contribution in [0.3, 0.4) is 0 Å². The van der Waals surface area contributed by atoms with Gasteiger partial charge >= 0.3 is 0 Å². The third kappa shape index (κ3) is 3.43. The van der Waals surface area contributed by atoms with Crippen molar-refractivity contribution in [1.82, 2.24) is 14.9 Å². The average Bonchev–Trinajstić information content (AvgIpc) is 3.46. The lowest BCUT2D eigenvalue weighted by Gasteiger charge is -2.30. The summed E-state index contributed by atoms with van der Waals surface area (Å²) in [6.07, 6.45) is 7.95. The van der Waals surface area contributed by atoms with Crippen molar-refractivity contribution >= 4 is 28.5 Å². The second-order valence-corrected chi connectivity index (χ2v) is 8.69. The van der Waals surface area contributed by atoms with Crippen LogP contribution in [0.5, 0.6) is 0 Å². The van der Waals surface area contributed by atoms with E-state index in [0.717, 1.165) is 17.4 Å². The lowest BCUT2D eigenvalue weighted by molar-refractivity contribution is 0.100. The molecule has 5 nitrogen and oxygen atoms in total. The summed E-state index contributed by atoms with van der Waals surface area (Å²) in [4.78, 5) is 22.4. The Bertz CT molecular complexity index is 1050. The van der Waals surface area contributed by atoms with Crippen LogP contribution in [0.15, 0.2) is 36.4 Å². The molecule has 5 rings (SSSR count). The molecule has 3 aromatic rings. The molecule has 1 unspecified atom stereocenters. The fourth-order valence-electron chi connectivity index (χ4n) is 5.09. The molecule has 0 radical (unpaired) electrons. The van der Waals surface area contributed by atoms with E-state index in [1.54, 1.807) is 12.1 Å². The molecule has 2 fully saturated rings. The number of rotatable bonds is 4. The summed E-state index contributed by atoms with van der Waals surface area (Å²) >= 11 is 6.12. The standard InChI is InChI=1S/C23H25ClN4O/c24-16-12-18(22(25)29)21-19(13-16)26-23(27-21)15-9-7-14(8-10-15)20-6-3-11-28(20)17-4-1-2-5-17/h7-10,12-13,17,20H,1-6,11H2,(H2,25,29)(H,26,27).